The van der Waals surface area contributed by atoms with E-state index in [2.05, 4.69) is 30.3 Å². The molecule has 0 aliphatic heterocycles. The molecule has 0 unspecified atom stereocenters. The minimum absolute atomic E-state index is 0.00606. The summed E-state index contributed by atoms with van der Waals surface area (Å²) >= 11 is 0. The third kappa shape index (κ3) is 2.65. The number of aliphatic hydroxyl groups excluding tert-OH is 1. The SMILES string of the molecule is OCc1ccccc1OCc1ccc2ccccc2c1. The summed E-state index contributed by atoms with van der Waals surface area (Å²) in [7, 11) is 0. The lowest BCUT2D eigenvalue weighted by Gasteiger charge is -2.10. The van der Waals surface area contributed by atoms with Crippen LogP contribution in [0.4, 0.5) is 0 Å². The van der Waals surface area contributed by atoms with E-state index >= 15 is 0 Å². The van der Waals surface area contributed by atoms with Crippen molar-refractivity contribution in [1.82, 2.24) is 0 Å². The molecule has 20 heavy (non-hydrogen) atoms. The number of ether oxygens (including phenoxy) is 1. The molecule has 0 amide bonds. The van der Waals surface area contributed by atoms with Gasteiger partial charge in [-0.3, -0.25) is 0 Å². The van der Waals surface area contributed by atoms with E-state index in [9.17, 15) is 5.11 Å². The van der Waals surface area contributed by atoms with E-state index in [0.29, 0.717) is 6.61 Å². The summed E-state index contributed by atoms with van der Waals surface area (Å²) in [6.45, 7) is 0.496. The molecule has 2 heteroatoms. The minimum Gasteiger partial charge on any atom is -0.489 e. The van der Waals surface area contributed by atoms with Crippen LogP contribution in [0.5, 0.6) is 5.75 Å². The van der Waals surface area contributed by atoms with Crippen molar-refractivity contribution >= 4 is 10.8 Å². The third-order valence-corrected chi connectivity index (χ3v) is 3.35. The monoisotopic (exact) mass is 264 g/mol. The molecule has 0 spiro atoms. The third-order valence-electron chi connectivity index (χ3n) is 3.35. The first kappa shape index (κ1) is 12.7. The molecule has 0 bridgehead atoms. The molecule has 3 aromatic rings. The Hall–Kier alpha value is -2.32. The number of rotatable bonds is 4. The zero-order valence-corrected chi connectivity index (χ0v) is 11.1. The molecule has 1 N–H and O–H groups in total. The topological polar surface area (TPSA) is 29.5 Å². The van der Waals surface area contributed by atoms with Crippen molar-refractivity contribution < 1.29 is 9.84 Å². The number of hydrogen-bond acceptors (Lipinski definition) is 2. The van der Waals surface area contributed by atoms with E-state index in [0.717, 1.165) is 16.9 Å². The van der Waals surface area contributed by atoms with Gasteiger partial charge in [-0.1, -0.05) is 54.6 Å². The van der Waals surface area contributed by atoms with Gasteiger partial charge in [-0.15, -0.1) is 0 Å². The van der Waals surface area contributed by atoms with Crippen molar-refractivity contribution in [3.8, 4) is 5.75 Å². The summed E-state index contributed by atoms with van der Waals surface area (Å²) in [4.78, 5) is 0. The highest BCUT2D eigenvalue weighted by molar-refractivity contribution is 5.82. The molecule has 0 radical (unpaired) electrons. The van der Waals surface area contributed by atoms with Gasteiger partial charge in [-0.25, -0.2) is 0 Å². The standard InChI is InChI=1S/C18H16O2/c19-12-17-7-3-4-8-18(17)20-13-14-9-10-15-5-1-2-6-16(15)11-14/h1-11,19H,12-13H2. The first-order valence-corrected chi connectivity index (χ1v) is 6.66. The fourth-order valence-electron chi connectivity index (χ4n) is 2.26. The summed E-state index contributed by atoms with van der Waals surface area (Å²) in [6.07, 6.45) is 0. The van der Waals surface area contributed by atoms with E-state index < -0.39 is 0 Å². The van der Waals surface area contributed by atoms with Crippen LogP contribution in [0, 0.1) is 0 Å². The quantitative estimate of drug-likeness (QED) is 0.774. The van der Waals surface area contributed by atoms with Crippen molar-refractivity contribution in [3.63, 3.8) is 0 Å². The molecule has 0 atom stereocenters. The summed E-state index contributed by atoms with van der Waals surface area (Å²) < 4.78 is 5.80. The predicted molar refractivity (Wildman–Crippen MR) is 80.6 cm³/mol. The van der Waals surface area contributed by atoms with Crippen LogP contribution in [0.1, 0.15) is 11.1 Å². The van der Waals surface area contributed by atoms with Gasteiger partial charge in [0.2, 0.25) is 0 Å². The van der Waals surface area contributed by atoms with Gasteiger partial charge in [0, 0.05) is 5.56 Å². The van der Waals surface area contributed by atoms with Gasteiger partial charge in [0.25, 0.3) is 0 Å². The number of hydrogen-bond donors (Lipinski definition) is 1. The summed E-state index contributed by atoms with van der Waals surface area (Å²) in [6, 6.07) is 22.1. The Balaban J connectivity index is 1.79. The Morgan fingerprint density at radius 1 is 0.800 bits per heavy atom. The van der Waals surface area contributed by atoms with E-state index in [1.54, 1.807) is 0 Å². The molecule has 2 nitrogen and oxygen atoms in total. The molecule has 0 saturated carbocycles. The molecule has 100 valence electrons. The summed E-state index contributed by atoms with van der Waals surface area (Å²) in [5, 5.41) is 11.7. The first-order valence-electron chi connectivity index (χ1n) is 6.66. The van der Waals surface area contributed by atoms with Crippen molar-refractivity contribution in [1.29, 1.82) is 0 Å². The largest absolute Gasteiger partial charge is 0.489 e. The summed E-state index contributed by atoms with van der Waals surface area (Å²) in [5.74, 6) is 0.739. The van der Waals surface area contributed by atoms with Crippen molar-refractivity contribution in [2.45, 2.75) is 13.2 Å². The van der Waals surface area contributed by atoms with Crippen LogP contribution in [-0.4, -0.2) is 5.11 Å². The van der Waals surface area contributed by atoms with E-state index in [4.69, 9.17) is 4.74 Å². The fourth-order valence-corrected chi connectivity index (χ4v) is 2.26. The second-order valence-corrected chi connectivity index (χ2v) is 4.74. The predicted octanol–water partition coefficient (Wildman–Crippen LogP) is 3.91. The van der Waals surface area contributed by atoms with Gasteiger partial charge in [0.15, 0.2) is 0 Å². The van der Waals surface area contributed by atoms with E-state index in [1.165, 1.54) is 10.8 Å². The average Bonchev–Trinajstić information content (AvgIpc) is 2.53. The maximum atomic E-state index is 9.28. The normalized spacial score (nSPS) is 10.7. The lowest BCUT2D eigenvalue weighted by atomic mass is 10.1. The van der Waals surface area contributed by atoms with Gasteiger partial charge in [0.1, 0.15) is 12.4 Å². The molecule has 0 saturated heterocycles. The van der Waals surface area contributed by atoms with Gasteiger partial charge < -0.3 is 9.84 Å². The van der Waals surface area contributed by atoms with Crippen LogP contribution in [0.25, 0.3) is 10.8 Å². The van der Waals surface area contributed by atoms with Gasteiger partial charge in [-0.2, -0.15) is 0 Å². The van der Waals surface area contributed by atoms with Crippen LogP contribution >= 0.6 is 0 Å². The van der Waals surface area contributed by atoms with Crippen molar-refractivity contribution in [2.75, 3.05) is 0 Å². The van der Waals surface area contributed by atoms with Crippen LogP contribution in [0.3, 0.4) is 0 Å². The van der Waals surface area contributed by atoms with Gasteiger partial charge in [0.05, 0.1) is 6.61 Å². The highest BCUT2D eigenvalue weighted by Crippen LogP contribution is 2.21. The molecule has 3 rings (SSSR count). The lowest BCUT2D eigenvalue weighted by Crippen LogP contribution is -1.98. The van der Waals surface area contributed by atoms with Gasteiger partial charge in [-0.05, 0) is 28.5 Å². The Morgan fingerprint density at radius 2 is 1.55 bits per heavy atom. The smallest absolute Gasteiger partial charge is 0.125 e. The van der Waals surface area contributed by atoms with Crippen LogP contribution < -0.4 is 4.74 Å². The highest BCUT2D eigenvalue weighted by Gasteiger charge is 2.02. The van der Waals surface area contributed by atoms with E-state index in [-0.39, 0.29) is 6.61 Å². The molecule has 0 fully saturated rings. The van der Waals surface area contributed by atoms with Gasteiger partial charge >= 0.3 is 0 Å². The molecule has 0 aliphatic rings. The summed E-state index contributed by atoms with van der Waals surface area (Å²) in [5.41, 5.74) is 1.93. The molecule has 3 aromatic carbocycles. The average molecular weight is 264 g/mol. The number of benzene rings is 3. The Morgan fingerprint density at radius 3 is 2.40 bits per heavy atom. The Labute approximate surface area is 118 Å². The Kier molecular flexibility index (Phi) is 3.66. The maximum Gasteiger partial charge on any atom is 0.125 e. The van der Waals surface area contributed by atoms with Crippen molar-refractivity contribution in [3.05, 3.63) is 77.9 Å². The molecule has 0 aromatic heterocycles. The van der Waals surface area contributed by atoms with Crippen LogP contribution in [0.15, 0.2) is 66.7 Å². The number of aliphatic hydroxyl groups is 1. The minimum atomic E-state index is -0.00606. The first-order chi connectivity index (χ1) is 9.86. The second-order valence-electron chi connectivity index (χ2n) is 4.74. The zero-order chi connectivity index (χ0) is 13.8. The number of fused-ring (bicyclic) bond motifs is 1. The molecule has 0 heterocycles. The lowest BCUT2D eigenvalue weighted by molar-refractivity contribution is 0.259. The molecular weight excluding hydrogens is 248 g/mol. The molecule has 0 aliphatic carbocycles. The zero-order valence-electron chi connectivity index (χ0n) is 11.1. The Bertz CT molecular complexity index is 719. The second kappa shape index (κ2) is 5.76. The van der Waals surface area contributed by atoms with Crippen molar-refractivity contribution in [2.24, 2.45) is 0 Å². The van der Waals surface area contributed by atoms with Crippen LogP contribution in [0.2, 0.25) is 0 Å². The highest BCUT2D eigenvalue weighted by atomic mass is 16.5. The van der Waals surface area contributed by atoms with Crippen LogP contribution in [-0.2, 0) is 13.2 Å². The van der Waals surface area contributed by atoms with E-state index in [1.807, 2.05) is 36.4 Å². The number of para-hydroxylation sites is 1. The molecular formula is C18H16O2. The fraction of sp³-hybridized carbons (Fsp3) is 0.111. The maximum absolute atomic E-state index is 9.28.